The number of methoxy groups -OCH3 is 1. The van der Waals surface area contributed by atoms with E-state index in [0.29, 0.717) is 12.8 Å². The van der Waals surface area contributed by atoms with Crippen molar-refractivity contribution in [2.45, 2.75) is 77.1 Å². The summed E-state index contributed by atoms with van der Waals surface area (Å²) in [6.07, 6.45) is 4.78. The molecule has 1 saturated heterocycles. The first kappa shape index (κ1) is 15.8. The summed E-state index contributed by atoms with van der Waals surface area (Å²) >= 11 is 0. The van der Waals surface area contributed by atoms with Gasteiger partial charge in [-0.2, -0.15) is 0 Å². The lowest BCUT2D eigenvalue weighted by Gasteiger charge is -2.37. The van der Waals surface area contributed by atoms with Crippen molar-refractivity contribution >= 4 is 11.9 Å². The third kappa shape index (κ3) is 1.81. The lowest BCUT2D eigenvalue weighted by molar-refractivity contribution is -0.193. The average Bonchev–Trinajstić information content (AvgIpc) is 2.78. The summed E-state index contributed by atoms with van der Waals surface area (Å²) in [7, 11) is 1.65. The Labute approximate surface area is 131 Å². The smallest absolute Gasteiger partial charge is 0.351 e. The Balaban J connectivity index is 1.82. The molecular weight excluding hydrogens is 284 g/mol. The van der Waals surface area contributed by atoms with Crippen LogP contribution in [-0.2, 0) is 23.8 Å². The van der Waals surface area contributed by atoms with Crippen LogP contribution in [0, 0.1) is 10.8 Å². The molecule has 3 fully saturated rings. The van der Waals surface area contributed by atoms with Crippen molar-refractivity contribution in [2.24, 2.45) is 10.8 Å². The van der Waals surface area contributed by atoms with E-state index >= 15 is 0 Å². The lowest BCUT2D eigenvalue weighted by atomic mass is 9.66. The minimum Gasteiger partial charge on any atom is -0.457 e. The zero-order valence-electron chi connectivity index (χ0n) is 13.9. The normalized spacial score (nSPS) is 43.0. The molecule has 0 radical (unpaired) electrons. The number of carbonyl (C=O) groups excluding carboxylic acids is 2. The van der Waals surface area contributed by atoms with Crippen LogP contribution in [0.25, 0.3) is 0 Å². The molecule has 22 heavy (non-hydrogen) atoms. The molecule has 1 heterocycles. The second-order valence-corrected chi connectivity index (χ2v) is 7.68. The van der Waals surface area contributed by atoms with Gasteiger partial charge in [0, 0.05) is 12.5 Å². The van der Waals surface area contributed by atoms with Gasteiger partial charge in [0.25, 0.3) is 0 Å². The summed E-state index contributed by atoms with van der Waals surface area (Å²) < 4.78 is 16.8. The number of fused-ring (bicyclic) bond motifs is 2. The molecule has 4 atom stereocenters. The van der Waals surface area contributed by atoms with Crippen LogP contribution in [0.5, 0.6) is 0 Å². The predicted octanol–water partition coefficient (Wildman–Crippen LogP) is 2.61. The fourth-order valence-corrected chi connectivity index (χ4v) is 4.40. The number of hydrogen-bond acceptors (Lipinski definition) is 5. The van der Waals surface area contributed by atoms with E-state index in [4.69, 9.17) is 14.2 Å². The van der Waals surface area contributed by atoms with E-state index in [1.807, 2.05) is 20.8 Å². The molecule has 0 unspecified atom stereocenters. The summed E-state index contributed by atoms with van der Waals surface area (Å²) in [5.74, 6) is -0.659. The van der Waals surface area contributed by atoms with Gasteiger partial charge in [-0.05, 0) is 39.0 Å². The van der Waals surface area contributed by atoms with Crippen molar-refractivity contribution < 1.29 is 23.8 Å². The zero-order chi connectivity index (χ0) is 16.2. The van der Waals surface area contributed by atoms with Crippen LogP contribution in [0.4, 0.5) is 0 Å². The minimum absolute atomic E-state index is 0.0536. The maximum Gasteiger partial charge on any atom is 0.351 e. The molecule has 124 valence electrons. The highest BCUT2D eigenvalue weighted by Gasteiger charge is 2.76. The maximum absolute atomic E-state index is 12.9. The van der Waals surface area contributed by atoms with Crippen LogP contribution in [0.3, 0.4) is 0 Å². The summed E-state index contributed by atoms with van der Waals surface area (Å²) in [4.78, 5) is 25.1. The molecule has 0 aromatic rings. The molecule has 2 saturated carbocycles. The SMILES string of the molecule is CO[C@@H]1CCCC[C@@H]1OC(=O)[C@@]12CC[C@@](C)(C(=O)O1)C2(C)C. The monoisotopic (exact) mass is 310 g/mol. The van der Waals surface area contributed by atoms with Crippen LogP contribution >= 0.6 is 0 Å². The number of hydrogen-bond donors (Lipinski definition) is 0. The van der Waals surface area contributed by atoms with Gasteiger partial charge in [-0.15, -0.1) is 0 Å². The third-order valence-corrected chi connectivity index (χ3v) is 6.62. The van der Waals surface area contributed by atoms with Crippen LogP contribution < -0.4 is 0 Å². The fraction of sp³-hybridized carbons (Fsp3) is 0.882. The molecule has 1 aliphatic heterocycles. The van der Waals surface area contributed by atoms with Gasteiger partial charge in [-0.3, -0.25) is 4.79 Å². The van der Waals surface area contributed by atoms with Crippen molar-refractivity contribution in [2.75, 3.05) is 7.11 Å². The standard InChI is InChI=1S/C17H26O5/c1-15(2)16(3)9-10-17(15,22-13(16)18)14(19)21-12-8-6-5-7-11(12)20-4/h11-12H,5-10H2,1-4H3/t11-,12+,16+,17-/m1/s1. The lowest BCUT2D eigenvalue weighted by Crippen LogP contribution is -2.51. The summed E-state index contributed by atoms with van der Waals surface area (Å²) in [6, 6.07) is 0. The molecule has 0 aromatic heterocycles. The van der Waals surface area contributed by atoms with Gasteiger partial charge >= 0.3 is 11.9 Å². The average molecular weight is 310 g/mol. The van der Waals surface area contributed by atoms with Gasteiger partial charge in [0.15, 0.2) is 0 Å². The Morgan fingerprint density at radius 1 is 1.14 bits per heavy atom. The van der Waals surface area contributed by atoms with Gasteiger partial charge < -0.3 is 14.2 Å². The van der Waals surface area contributed by atoms with Crippen molar-refractivity contribution in [1.29, 1.82) is 0 Å². The number of carbonyl (C=O) groups is 2. The first-order chi connectivity index (χ1) is 10.3. The molecule has 0 N–H and O–H groups in total. The van der Waals surface area contributed by atoms with Gasteiger partial charge in [-0.1, -0.05) is 20.3 Å². The molecule has 0 amide bonds. The van der Waals surface area contributed by atoms with E-state index in [9.17, 15) is 9.59 Å². The largest absolute Gasteiger partial charge is 0.457 e. The van der Waals surface area contributed by atoms with Crippen molar-refractivity contribution in [1.82, 2.24) is 0 Å². The fourth-order valence-electron chi connectivity index (χ4n) is 4.40. The van der Waals surface area contributed by atoms with E-state index in [1.54, 1.807) is 7.11 Å². The summed E-state index contributed by atoms with van der Waals surface area (Å²) in [5, 5.41) is 0. The van der Waals surface area contributed by atoms with Gasteiger partial charge in [0.05, 0.1) is 11.5 Å². The van der Waals surface area contributed by atoms with E-state index in [1.165, 1.54) is 0 Å². The summed E-state index contributed by atoms with van der Waals surface area (Å²) in [5.41, 5.74) is -2.28. The van der Waals surface area contributed by atoms with Crippen molar-refractivity contribution in [3.63, 3.8) is 0 Å². The van der Waals surface area contributed by atoms with Gasteiger partial charge in [0.1, 0.15) is 6.10 Å². The van der Waals surface area contributed by atoms with Crippen LogP contribution in [0.15, 0.2) is 0 Å². The number of rotatable bonds is 3. The van der Waals surface area contributed by atoms with Crippen LogP contribution in [-0.4, -0.2) is 36.9 Å². The van der Waals surface area contributed by atoms with E-state index < -0.39 is 16.4 Å². The molecule has 0 spiro atoms. The minimum atomic E-state index is -1.13. The Morgan fingerprint density at radius 3 is 2.27 bits per heavy atom. The first-order valence-electron chi connectivity index (χ1n) is 8.26. The topological polar surface area (TPSA) is 61.8 Å². The van der Waals surface area contributed by atoms with Crippen molar-refractivity contribution in [3.05, 3.63) is 0 Å². The molecule has 0 aromatic carbocycles. The molecule has 5 nitrogen and oxygen atoms in total. The highest BCUT2D eigenvalue weighted by atomic mass is 16.6. The Bertz CT molecular complexity index is 499. The van der Waals surface area contributed by atoms with Crippen LogP contribution in [0.1, 0.15) is 59.3 Å². The highest BCUT2D eigenvalue weighted by Crippen LogP contribution is 2.65. The Hall–Kier alpha value is -1.10. The number of esters is 2. The second-order valence-electron chi connectivity index (χ2n) is 7.68. The van der Waals surface area contributed by atoms with Crippen molar-refractivity contribution in [3.8, 4) is 0 Å². The first-order valence-corrected chi connectivity index (χ1v) is 8.26. The second kappa shape index (κ2) is 4.95. The molecule has 2 aliphatic carbocycles. The molecule has 2 bridgehead atoms. The van der Waals surface area contributed by atoms with Gasteiger partial charge in [0.2, 0.25) is 5.60 Å². The maximum atomic E-state index is 12.9. The van der Waals surface area contributed by atoms with Crippen LogP contribution in [0.2, 0.25) is 0 Å². The van der Waals surface area contributed by atoms with E-state index in [2.05, 4.69) is 0 Å². The Morgan fingerprint density at radius 2 is 1.77 bits per heavy atom. The molecule has 3 rings (SSSR count). The van der Waals surface area contributed by atoms with Gasteiger partial charge in [-0.25, -0.2) is 4.79 Å². The zero-order valence-corrected chi connectivity index (χ0v) is 13.9. The number of ether oxygens (including phenoxy) is 3. The predicted molar refractivity (Wildman–Crippen MR) is 79.1 cm³/mol. The summed E-state index contributed by atoms with van der Waals surface area (Å²) in [6.45, 7) is 5.79. The van der Waals surface area contributed by atoms with E-state index in [-0.39, 0.29) is 24.1 Å². The van der Waals surface area contributed by atoms with E-state index in [0.717, 1.165) is 25.7 Å². The highest BCUT2D eigenvalue weighted by molar-refractivity contribution is 5.93. The molecule has 3 aliphatic rings. The molecular formula is C17H26O5. The Kier molecular flexibility index (Phi) is 3.55. The third-order valence-electron chi connectivity index (χ3n) is 6.62. The molecule has 5 heteroatoms. The quantitative estimate of drug-likeness (QED) is 0.750.